The fourth-order valence-corrected chi connectivity index (χ4v) is 6.18. The van der Waals surface area contributed by atoms with E-state index in [1.165, 1.54) is 23.3 Å². The lowest BCUT2D eigenvalue weighted by atomic mass is 9.95. The number of fused-ring (bicyclic) bond motifs is 1. The summed E-state index contributed by atoms with van der Waals surface area (Å²) in [6.45, 7) is 8.25. The van der Waals surface area contributed by atoms with Gasteiger partial charge >= 0.3 is 0 Å². The molecule has 0 radical (unpaired) electrons. The van der Waals surface area contributed by atoms with Crippen LogP contribution in [0, 0.1) is 11.6 Å². The Hall–Kier alpha value is -2.53. The number of hydrogen-bond donors (Lipinski definition) is 5. The van der Waals surface area contributed by atoms with Gasteiger partial charge in [0, 0.05) is 48.4 Å². The number of nitrogens with one attached hydrogen (secondary N) is 4. The van der Waals surface area contributed by atoms with Crippen LogP contribution in [0.3, 0.4) is 0 Å². The van der Waals surface area contributed by atoms with Crippen LogP contribution in [0.2, 0.25) is 5.02 Å². The van der Waals surface area contributed by atoms with E-state index in [4.69, 9.17) is 24.2 Å². The Morgan fingerprint density at radius 1 is 1.05 bits per heavy atom. The molecule has 0 fully saturated rings. The summed E-state index contributed by atoms with van der Waals surface area (Å²) < 4.78 is 28.3. The predicted octanol–water partition coefficient (Wildman–Crippen LogP) is 5.27. The molecule has 4 atom stereocenters. The Bertz CT molecular complexity index is 1340. The van der Waals surface area contributed by atoms with E-state index >= 15 is 0 Å². The number of hydrogen-bond acceptors (Lipinski definition) is 6. The quantitative estimate of drug-likeness (QED) is 0.0837. The Morgan fingerprint density at radius 2 is 1.77 bits per heavy atom. The minimum absolute atomic E-state index is 0.0487. The molecule has 0 saturated carbocycles. The second kappa shape index (κ2) is 17.2. The van der Waals surface area contributed by atoms with Crippen molar-refractivity contribution in [2.45, 2.75) is 63.2 Å². The van der Waals surface area contributed by atoms with Crippen molar-refractivity contribution in [1.29, 1.82) is 0 Å². The zero-order valence-electron chi connectivity index (χ0n) is 25.5. The van der Waals surface area contributed by atoms with Crippen LogP contribution in [0.4, 0.5) is 8.78 Å². The lowest BCUT2D eigenvalue weighted by molar-refractivity contribution is -0.123. The molecule has 1 amide bonds. The molecule has 3 aromatic rings. The van der Waals surface area contributed by atoms with Crippen LogP contribution in [0.15, 0.2) is 66.7 Å². The van der Waals surface area contributed by atoms with Gasteiger partial charge in [-0.05, 0) is 73.8 Å². The van der Waals surface area contributed by atoms with Gasteiger partial charge in [0.15, 0.2) is 0 Å². The van der Waals surface area contributed by atoms with E-state index in [-0.39, 0.29) is 23.4 Å². The lowest BCUT2D eigenvalue weighted by Gasteiger charge is -2.33. The van der Waals surface area contributed by atoms with E-state index in [9.17, 15) is 13.6 Å². The zero-order chi connectivity index (χ0) is 31.5. The molecule has 6 nitrogen and oxygen atoms in total. The maximum absolute atomic E-state index is 14.7. The number of carbonyl (C=O) groups excluding carboxylic acids is 1. The van der Waals surface area contributed by atoms with Crippen LogP contribution in [0.1, 0.15) is 48.6 Å². The van der Waals surface area contributed by atoms with Crippen LogP contribution < -0.4 is 21.3 Å². The highest BCUT2D eigenvalue weighted by molar-refractivity contribution is 7.81. The number of carbonyl (C=O) groups is 1. The summed E-state index contributed by atoms with van der Waals surface area (Å²) in [5.74, 6) is -1.32. The monoisotopic (exact) mass is 643 g/mol. The number of rotatable bonds is 16. The molecule has 0 spiro atoms. The van der Waals surface area contributed by atoms with Crippen LogP contribution in [0.25, 0.3) is 0 Å². The normalized spacial score (nSPS) is 16.8. The maximum Gasteiger partial charge on any atom is 0.237 e. The highest BCUT2D eigenvalue weighted by Crippen LogP contribution is 2.22. The summed E-state index contributed by atoms with van der Waals surface area (Å²) in [6, 6.07) is 18.7. The van der Waals surface area contributed by atoms with Crippen molar-refractivity contribution in [2.75, 3.05) is 32.7 Å². The Balaban J connectivity index is 1.38. The van der Waals surface area contributed by atoms with Crippen LogP contribution in [0.5, 0.6) is 0 Å². The fourth-order valence-electron chi connectivity index (χ4n) is 5.67. The van der Waals surface area contributed by atoms with Gasteiger partial charge in [-0.2, -0.15) is 12.6 Å². The molecule has 10 heteroatoms. The van der Waals surface area contributed by atoms with E-state index in [0.29, 0.717) is 36.5 Å². The molecule has 1 aliphatic heterocycles. The van der Waals surface area contributed by atoms with E-state index in [0.717, 1.165) is 44.2 Å². The minimum Gasteiger partial charge on any atom is -0.353 e. The van der Waals surface area contributed by atoms with Gasteiger partial charge in [0.05, 0.1) is 11.4 Å². The highest BCUT2D eigenvalue weighted by atomic mass is 35.5. The van der Waals surface area contributed by atoms with Gasteiger partial charge in [-0.15, -0.1) is 0 Å². The Labute approximate surface area is 270 Å². The van der Waals surface area contributed by atoms with E-state index in [1.807, 2.05) is 36.4 Å². The number of thiol groups is 1. The summed E-state index contributed by atoms with van der Waals surface area (Å²) in [4.78, 5) is 15.8. The molecule has 0 aliphatic carbocycles. The predicted molar refractivity (Wildman–Crippen MR) is 178 cm³/mol. The summed E-state index contributed by atoms with van der Waals surface area (Å²) in [5, 5.41) is 13.8. The van der Waals surface area contributed by atoms with Gasteiger partial charge in [0.1, 0.15) is 11.6 Å². The first-order chi connectivity index (χ1) is 21.3. The SMILES string of the molecule is CCN(CC)CCC(NCCNC(=O)C(Cc1ccc(Cl)cc1)NC(S)C1Cc2ccccc2CN1)c1ccc(F)cc1F. The third-order valence-corrected chi connectivity index (χ3v) is 9.08. The summed E-state index contributed by atoms with van der Waals surface area (Å²) in [7, 11) is 0. The molecular weight excluding hydrogens is 600 g/mol. The summed E-state index contributed by atoms with van der Waals surface area (Å²) >= 11 is 11.0. The third-order valence-electron chi connectivity index (χ3n) is 8.32. The summed E-state index contributed by atoms with van der Waals surface area (Å²) in [6.07, 6.45) is 1.92. The van der Waals surface area contributed by atoms with Gasteiger partial charge in [0.25, 0.3) is 0 Å². The first-order valence-corrected chi connectivity index (χ1v) is 16.3. The van der Waals surface area contributed by atoms with E-state index in [1.54, 1.807) is 0 Å². The average molecular weight is 644 g/mol. The molecule has 4 unspecified atom stereocenters. The second-order valence-corrected chi connectivity index (χ2v) is 12.2. The van der Waals surface area contributed by atoms with E-state index < -0.39 is 17.7 Å². The van der Waals surface area contributed by atoms with Crippen molar-refractivity contribution in [2.24, 2.45) is 0 Å². The molecule has 1 aliphatic rings. The smallest absolute Gasteiger partial charge is 0.237 e. The van der Waals surface area contributed by atoms with Crippen LogP contribution >= 0.6 is 24.2 Å². The van der Waals surface area contributed by atoms with Crippen molar-refractivity contribution in [1.82, 2.24) is 26.2 Å². The van der Waals surface area contributed by atoms with Crippen molar-refractivity contribution in [3.63, 3.8) is 0 Å². The lowest BCUT2D eigenvalue weighted by Crippen LogP contribution is -2.55. The van der Waals surface area contributed by atoms with Crippen molar-refractivity contribution in [3.05, 3.63) is 106 Å². The van der Waals surface area contributed by atoms with E-state index in [2.05, 4.69) is 52.1 Å². The Morgan fingerprint density at radius 3 is 2.48 bits per heavy atom. The fraction of sp³-hybridized carbons (Fsp3) is 0.441. The molecule has 4 rings (SSSR count). The van der Waals surface area contributed by atoms with Crippen molar-refractivity contribution < 1.29 is 13.6 Å². The topological polar surface area (TPSA) is 68.4 Å². The zero-order valence-corrected chi connectivity index (χ0v) is 27.1. The van der Waals surface area contributed by atoms with Crippen molar-refractivity contribution in [3.8, 4) is 0 Å². The standard InChI is InChI=1S/C34H44ClF2N5OS/c1-3-42(4-2)18-15-30(28-14-13-27(36)21-29(28)37)38-16-17-39-33(43)31(19-23-9-11-26(35)12-10-23)41-34(44)32-20-24-7-5-6-8-25(24)22-40-32/h5-14,21,30-32,34,38,40-41,44H,3-4,15-20,22H2,1-2H3,(H,39,43). The largest absolute Gasteiger partial charge is 0.353 e. The molecule has 3 aromatic carbocycles. The number of nitrogens with zero attached hydrogens (tertiary/aromatic N) is 1. The molecule has 4 N–H and O–H groups in total. The van der Waals surface area contributed by atoms with Gasteiger partial charge in [-0.3, -0.25) is 10.1 Å². The second-order valence-electron chi connectivity index (χ2n) is 11.2. The number of benzene rings is 3. The average Bonchev–Trinajstić information content (AvgIpc) is 3.03. The molecule has 44 heavy (non-hydrogen) atoms. The maximum atomic E-state index is 14.7. The van der Waals surface area contributed by atoms with Gasteiger partial charge in [-0.25, -0.2) is 8.78 Å². The first-order valence-electron chi connectivity index (χ1n) is 15.4. The molecular formula is C34H44ClF2N5OS. The highest BCUT2D eigenvalue weighted by Gasteiger charge is 2.28. The molecule has 0 saturated heterocycles. The minimum atomic E-state index is -0.602. The van der Waals surface area contributed by atoms with Crippen LogP contribution in [-0.2, 0) is 24.2 Å². The Kier molecular flexibility index (Phi) is 13.5. The molecule has 0 bridgehead atoms. The molecule has 1 heterocycles. The van der Waals surface area contributed by atoms with Crippen LogP contribution in [-0.4, -0.2) is 61.0 Å². The number of amides is 1. The summed E-state index contributed by atoms with van der Waals surface area (Å²) in [5.41, 5.74) is 3.97. The van der Waals surface area contributed by atoms with Gasteiger partial charge in [-0.1, -0.05) is 67.9 Å². The molecule has 238 valence electrons. The first kappa shape index (κ1) is 34.3. The van der Waals surface area contributed by atoms with Gasteiger partial charge in [0.2, 0.25) is 5.91 Å². The van der Waals surface area contributed by atoms with Gasteiger partial charge < -0.3 is 20.9 Å². The number of halogens is 3. The third kappa shape index (κ3) is 9.99. The van der Waals surface area contributed by atoms with Crippen molar-refractivity contribution >= 4 is 30.1 Å². The molecule has 0 aromatic heterocycles.